The lowest BCUT2D eigenvalue weighted by Crippen LogP contribution is -2.59. The van der Waals surface area contributed by atoms with Gasteiger partial charge in [0.05, 0.1) is 24.6 Å². The molecule has 1 aliphatic rings. The number of nitrogens with one attached hydrogen (secondary N) is 2. The summed E-state index contributed by atoms with van der Waals surface area (Å²) in [7, 11) is -3.49. The lowest BCUT2D eigenvalue weighted by atomic mass is 9.90. The van der Waals surface area contributed by atoms with Crippen molar-refractivity contribution in [3.8, 4) is 0 Å². The Morgan fingerprint density at radius 3 is 2.06 bits per heavy atom. The van der Waals surface area contributed by atoms with E-state index in [2.05, 4.69) is 10.6 Å². The molecule has 2 N–H and O–H groups in total. The van der Waals surface area contributed by atoms with Gasteiger partial charge >= 0.3 is 7.60 Å². The highest BCUT2D eigenvalue weighted by Gasteiger charge is 2.59. The molecule has 31 heavy (non-hydrogen) atoms. The minimum Gasteiger partial charge on any atom is -0.346 e. The number of carbonyl (C=O) groups is 3. The van der Waals surface area contributed by atoms with Gasteiger partial charge in [0, 0.05) is 4.75 Å². The normalized spacial score (nSPS) is 19.8. The number of thioether (sulfide) groups is 1. The number of nitrogens with zero attached hydrogens (tertiary/aromatic N) is 1. The fourth-order valence-electron chi connectivity index (χ4n) is 3.83. The van der Waals surface area contributed by atoms with Gasteiger partial charge in [0.1, 0.15) is 18.2 Å². The predicted octanol–water partition coefficient (Wildman–Crippen LogP) is 2.92. The Morgan fingerprint density at radius 2 is 1.61 bits per heavy atom. The highest BCUT2D eigenvalue weighted by Crippen LogP contribution is 2.55. The van der Waals surface area contributed by atoms with Gasteiger partial charge in [-0.1, -0.05) is 13.8 Å². The zero-order valence-corrected chi connectivity index (χ0v) is 21.6. The predicted molar refractivity (Wildman–Crippen MR) is 123 cm³/mol. The van der Waals surface area contributed by atoms with Crippen LogP contribution in [0.4, 0.5) is 0 Å². The van der Waals surface area contributed by atoms with Crippen molar-refractivity contribution in [1.82, 2.24) is 15.5 Å². The maximum Gasteiger partial charge on any atom is 0.349 e. The highest BCUT2D eigenvalue weighted by atomic mass is 35.5. The fraction of sp³-hybridized carbons (Fsp3) is 0.842. The van der Waals surface area contributed by atoms with Crippen molar-refractivity contribution < 1.29 is 28.0 Å². The van der Waals surface area contributed by atoms with E-state index in [1.54, 1.807) is 25.6 Å². The van der Waals surface area contributed by atoms with E-state index in [0.29, 0.717) is 12.8 Å². The maximum atomic E-state index is 13.4. The molecule has 3 amide bonds. The third-order valence-corrected chi connectivity index (χ3v) is 9.16. The van der Waals surface area contributed by atoms with E-state index in [-0.39, 0.29) is 31.9 Å². The van der Waals surface area contributed by atoms with Crippen LogP contribution in [0.1, 0.15) is 54.4 Å². The van der Waals surface area contributed by atoms with Crippen molar-refractivity contribution in [3.63, 3.8) is 0 Å². The van der Waals surface area contributed by atoms with Crippen LogP contribution >= 0.6 is 31.0 Å². The van der Waals surface area contributed by atoms with E-state index < -0.39 is 41.0 Å². The molecule has 0 aromatic carbocycles. The van der Waals surface area contributed by atoms with Gasteiger partial charge in [-0.2, -0.15) is 0 Å². The van der Waals surface area contributed by atoms with Gasteiger partial charge < -0.3 is 24.6 Å². The standard InChI is InChI=1S/C19H35ClN3O6PS/c1-7-19(8-2)16(17(26)22-13-30(27,28-9-3)29-10-4)23(18(5,6)31-19)15(25)12-21-14(24)11-20/h16H,7-13H2,1-6H3,(H,21,24)(H,22,26). The van der Waals surface area contributed by atoms with Crippen molar-refractivity contribution >= 4 is 48.7 Å². The molecule has 1 atom stereocenters. The zero-order valence-electron chi connectivity index (χ0n) is 19.2. The van der Waals surface area contributed by atoms with E-state index in [1.807, 2.05) is 27.7 Å². The van der Waals surface area contributed by atoms with Crippen LogP contribution < -0.4 is 10.6 Å². The third-order valence-electron chi connectivity index (χ3n) is 5.16. The molecular formula is C19H35ClN3O6PS. The van der Waals surface area contributed by atoms with Crippen LogP contribution in [0.3, 0.4) is 0 Å². The van der Waals surface area contributed by atoms with Crippen LogP contribution in [0, 0.1) is 0 Å². The minimum atomic E-state index is -3.49. The summed E-state index contributed by atoms with van der Waals surface area (Å²) in [6.07, 6.45) is 0.994. The molecule has 0 aliphatic carbocycles. The van der Waals surface area contributed by atoms with Crippen molar-refractivity contribution in [2.75, 3.05) is 31.9 Å². The molecule has 0 spiro atoms. The molecule has 1 heterocycles. The van der Waals surface area contributed by atoms with E-state index in [1.165, 1.54) is 4.90 Å². The van der Waals surface area contributed by atoms with Gasteiger partial charge in [-0.05, 0) is 40.5 Å². The van der Waals surface area contributed by atoms with E-state index >= 15 is 0 Å². The van der Waals surface area contributed by atoms with Crippen molar-refractivity contribution in [3.05, 3.63) is 0 Å². The number of hydrogen-bond acceptors (Lipinski definition) is 7. The second kappa shape index (κ2) is 11.9. The van der Waals surface area contributed by atoms with Gasteiger partial charge in [-0.15, -0.1) is 23.4 Å². The summed E-state index contributed by atoms with van der Waals surface area (Å²) >= 11 is 7.06. The highest BCUT2D eigenvalue weighted by molar-refractivity contribution is 8.02. The summed E-state index contributed by atoms with van der Waals surface area (Å²) in [5, 5.41) is 5.16. The molecule has 9 nitrogen and oxygen atoms in total. The molecule has 1 fully saturated rings. The van der Waals surface area contributed by atoms with Crippen LogP contribution in [-0.2, 0) is 28.0 Å². The maximum absolute atomic E-state index is 13.4. The molecule has 12 heteroatoms. The molecule has 0 saturated carbocycles. The molecular weight excluding hydrogens is 465 g/mol. The first kappa shape index (κ1) is 28.2. The van der Waals surface area contributed by atoms with Crippen LogP contribution in [0.2, 0.25) is 0 Å². The second-order valence-corrected chi connectivity index (χ2v) is 11.9. The number of alkyl halides is 1. The van der Waals surface area contributed by atoms with Crippen molar-refractivity contribution in [1.29, 1.82) is 0 Å². The minimum absolute atomic E-state index is 0.179. The Labute approximate surface area is 194 Å². The number of halogens is 1. The Morgan fingerprint density at radius 1 is 1.06 bits per heavy atom. The summed E-state index contributed by atoms with van der Waals surface area (Å²) in [5.74, 6) is -1.55. The zero-order chi connectivity index (χ0) is 23.9. The molecule has 0 aromatic heterocycles. The van der Waals surface area contributed by atoms with Crippen LogP contribution in [-0.4, -0.2) is 70.2 Å². The number of rotatable bonds is 12. The molecule has 180 valence electrons. The average Bonchev–Trinajstić information content (AvgIpc) is 2.97. The Balaban J connectivity index is 3.20. The summed E-state index contributed by atoms with van der Waals surface area (Å²) < 4.78 is 22.7. The van der Waals surface area contributed by atoms with E-state index in [4.69, 9.17) is 20.6 Å². The fourth-order valence-corrected chi connectivity index (χ4v) is 7.23. The lowest BCUT2D eigenvalue weighted by molar-refractivity contribution is -0.143. The molecule has 1 rings (SSSR count). The Bertz CT molecular complexity index is 694. The van der Waals surface area contributed by atoms with Crippen molar-refractivity contribution in [2.24, 2.45) is 0 Å². The Kier molecular flexibility index (Phi) is 10.8. The monoisotopic (exact) mass is 499 g/mol. The first-order valence-corrected chi connectivity index (χ1v) is 13.5. The smallest absolute Gasteiger partial charge is 0.346 e. The topological polar surface area (TPSA) is 114 Å². The third kappa shape index (κ3) is 6.84. The number of hydrogen-bond donors (Lipinski definition) is 2. The van der Waals surface area contributed by atoms with Crippen LogP contribution in [0.5, 0.6) is 0 Å². The SMILES string of the molecule is CCOP(=O)(CNC(=O)C1N(C(=O)CNC(=O)CCl)C(C)(C)SC1(CC)CC)OCC. The summed E-state index contributed by atoms with van der Waals surface area (Å²) in [6.45, 7) is 11.2. The average molecular weight is 500 g/mol. The van der Waals surface area contributed by atoms with Crippen LogP contribution in [0.25, 0.3) is 0 Å². The lowest BCUT2D eigenvalue weighted by Gasteiger charge is -2.36. The van der Waals surface area contributed by atoms with Crippen molar-refractivity contribution in [2.45, 2.75) is 70.0 Å². The number of amides is 3. The summed E-state index contributed by atoms with van der Waals surface area (Å²) in [4.78, 5) is 38.8. The largest absolute Gasteiger partial charge is 0.349 e. The van der Waals surface area contributed by atoms with Gasteiger partial charge in [0.25, 0.3) is 0 Å². The quantitative estimate of drug-likeness (QED) is 0.313. The molecule has 1 aliphatic heterocycles. The first-order valence-electron chi connectivity index (χ1n) is 10.5. The molecule has 1 unspecified atom stereocenters. The number of carbonyl (C=O) groups excluding carboxylic acids is 3. The van der Waals surface area contributed by atoms with Gasteiger partial charge in [-0.3, -0.25) is 18.9 Å². The van der Waals surface area contributed by atoms with E-state index in [9.17, 15) is 18.9 Å². The first-order chi connectivity index (χ1) is 14.5. The molecule has 0 aromatic rings. The van der Waals surface area contributed by atoms with Gasteiger partial charge in [-0.25, -0.2) is 0 Å². The second-order valence-electron chi connectivity index (χ2n) is 7.54. The summed E-state index contributed by atoms with van der Waals surface area (Å²) in [6, 6.07) is -0.820. The summed E-state index contributed by atoms with van der Waals surface area (Å²) in [5.41, 5.74) is 0. The molecule has 0 bridgehead atoms. The van der Waals surface area contributed by atoms with E-state index in [0.717, 1.165) is 0 Å². The van der Waals surface area contributed by atoms with Gasteiger partial charge in [0.2, 0.25) is 17.7 Å². The van der Waals surface area contributed by atoms with Gasteiger partial charge in [0.15, 0.2) is 0 Å². The Hall–Kier alpha value is -0.800. The molecule has 0 radical (unpaired) electrons. The molecule has 1 saturated heterocycles. The van der Waals surface area contributed by atoms with Crippen LogP contribution in [0.15, 0.2) is 0 Å².